The lowest BCUT2D eigenvalue weighted by Gasteiger charge is -2.01. The summed E-state index contributed by atoms with van der Waals surface area (Å²) in [5, 5.41) is 4.28. The number of aromatic nitrogens is 2. The molecule has 1 heterocycles. The van der Waals surface area contributed by atoms with E-state index < -0.39 is 5.97 Å². The molecule has 88 valence electrons. The zero-order valence-electron chi connectivity index (χ0n) is 9.69. The number of nitrogen functional groups attached to an aromatic ring is 1. The number of anilines is 1. The Kier molecular flexibility index (Phi) is 2.85. The van der Waals surface area contributed by atoms with Crippen LogP contribution in [0.4, 0.5) is 5.82 Å². The molecular formula is C11H17N3O2. The predicted octanol–water partition coefficient (Wildman–Crippen LogP) is 1.54. The Morgan fingerprint density at radius 2 is 2.31 bits per heavy atom. The van der Waals surface area contributed by atoms with E-state index in [-0.39, 0.29) is 0 Å². The quantitative estimate of drug-likeness (QED) is 0.786. The van der Waals surface area contributed by atoms with Gasteiger partial charge in [-0.2, -0.15) is 5.10 Å². The Bertz CT molecular complexity index is 408. The number of rotatable bonds is 4. The van der Waals surface area contributed by atoms with Crippen LogP contribution in [-0.4, -0.2) is 22.9 Å². The van der Waals surface area contributed by atoms with E-state index in [1.54, 1.807) is 4.68 Å². The fraction of sp³-hybridized carbons (Fsp3) is 0.636. The van der Waals surface area contributed by atoms with E-state index >= 15 is 0 Å². The summed E-state index contributed by atoms with van der Waals surface area (Å²) in [5.41, 5.74) is 7.23. The third-order valence-corrected chi connectivity index (χ3v) is 2.82. The number of carbonyl (C=O) groups is 1. The number of nitrogens with two attached hydrogens (primary N) is 1. The van der Waals surface area contributed by atoms with Crippen LogP contribution in [0.2, 0.25) is 0 Å². The van der Waals surface area contributed by atoms with E-state index in [1.165, 1.54) is 7.11 Å². The summed E-state index contributed by atoms with van der Waals surface area (Å²) in [7, 11) is 1.37. The molecule has 1 aromatic rings. The number of esters is 1. The molecule has 0 amide bonds. The molecule has 0 bridgehead atoms. The first kappa shape index (κ1) is 11.0. The van der Waals surface area contributed by atoms with Gasteiger partial charge in [0.1, 0.15) is 5.82 Å². The molecule has 0 aromatic carbocycles. The van der Waals surface area contributed by atoms with Crippen LogP contribution >= 0.6 is 0 Å². The SMILES string of the molecule is CCCc1c(C(=O)OC)nn(C2CC2)c1N. The first-order chi connectivity index (χ1) is 7.69. The zero-order chi connectivity index (χ0) is 11.7. The van der Waals surface area contributed by atoms with Gasteiger partial charge in [-0.3, -0.25) is 0 Å². The molecule has 1 fully saturated rings. The Morgan fingerprint density at radius 3 is 2.81 bits per heavy atom. The smallest absolute Gasteiger partial charge is 0.358 e. The van der Waals surface area contributed by atoms with Gasteiger partial charge in [0.15, 0.2) is 5.69 Å². The molecule has 1 aliphatic rings. The highest BCUT2D eigenvalue weighted by atomic mass is 16.5. The Balaban J connectivity index is 2.40. The first-order valence-electron chi connectivity index (χ1n) is 5.64. The van der Waals surface area contributed by atoms with E-state index in [0.717, 1.165) is 31.2 Å². The average molecular weight is 223 g/mol. The van der Waals surface area contributed by atoms with Gasteiger partial charge in [-0.15, -0.1) is 0 Å². The molecule has 1 aromatic heterocycles. The minimum atomic E-state index is -0.394. The van der Waals surface area contributed by atoms with Gasteiger partial charge in [0.2, 0.25) is 0 Å². The summed E-state index contributed by atoms with van der Waals surface area (Å²) in [6, 6.07) is 0.383. The van der Waals surface area contributed by atoms with Crippen molar-refractivity contribution in [1.82, 2.24) is 9.78 Å². The number of hydrogen-bond donors (Lipinski definition) is 1. The van der Waals surface area contributed by atoms with E-state index in [9.17, 15) is 4.79 Å². The molecule has 0 spiro atoms. The maximum atomic E-state index is 11.6. The van der Waals surface area contributed by atoms with Gasteiger partial charge in [0, 0.05) is 5.56 Å². The number of carbonyl (C=O) groups excluding carboxylic acids is 1. The highest BCUT2D eigenvalue weighted by Crippen LogP contribution is 2.37. The molecule has 0 aliphatic heterocycles. The van der Waals surface area contributed by atoms with E-state index in [0.29, 0.717) is 17.6 Å². The van der Waals surface area contributed by atoms with Gasteiger partial charge < -0.3 is 10.5 Å². The lowest BCUT2D eigenvalue weighted by Crippen LogP contribution is -2.06. The lowest BCUT2D eigenvalue weighted by atomic mass is 10.1. The zero-order valence-corrected chi connectivity index (χ0v) is 9.69. The molecular weight excluding hydrogens is 206 g/mol. The lowest BCUT2D eigenvalue weighted by molar-refractivity contribution is 0.0591. The van der Waals surface area contributed by atoms with Crippen LogP contribution < -0.4 is 5.73 Å². The van der Waals surface area contributed by atoms with Gasteiger partial charge in [-0.05, 0) is 19.3 Å². The predicted molar refractivity (Wildman–Crippen MR) is 60.2 cm³/mol. The molecule has 2 rings (SSSR count). The molecule has 0 radical (unpaired) electrons. The van der Waals surface area contributed by atoms with Crippen molar-refractivity contribution >= 4 is 11.8 Å². The number of ether oxygens (including phenoxy) is 1. The minimum Gasteiger partial charge on any atom is -0.464 e. The van der Waals surface area contributed by atoms with Crippen molar-refractivity contribution in [3.63, 3.8) is 0 Å². The van der Waals surface area contributed by atoms with Crippen molar-refractivity contribution < 1.29 is 9.53 Å². The van der Waals surface area contributed by atoms with Crippen molar-refractivity contribution in [1.29, 1.82) is 0 Å². The number of methoxy groups -OCH3 is 1. The second-order valence-corrected chi connectivity index (χ2v) is 4.13. The van der Waals surface area contributed by atoms with E-state index in [2.05, 4.69) is 12.0 Å². The van der Waals surface area contributed by atoms with E-state index in [4.69, 9.17) is 10.5 Å². The molecule has 16 heavy (non-hydrogen) atoms. The Morgan fingerprint density at radius 1 is 1.62 bits per heavy atom. The standard InChI is InChI=1S/C11H17N3O2/c1-3-4-8-9(11(15)16-2)13-14(10(8)12)7-5-6-7/h7H,3-6,12H2,1-2H3. The summed E-state index contributed by atoms with van der Waals surface area (Å²) in [5.74, 6) is 0.235. The van der Waals surface area contributed by atoms with Crippen LogP contribution in [0.25, 0.3) is 0 Å². The van der Waals surface area contributed by atoms with Crippen molar-refractivity contribution in [2.45, 2.75) is 38.6 Å². The van der Waals surface area contributed by atoms with Crippen LogP contribution in [0.5, 0.6) is 0 Å². The molecule has 1 aliphatic carbocycles. The average Bonchev–Trinajstić information content (AvgIpc) is 3.07. The molecule has 0 saturated heterocycles. The minimum absolute atomic E-state index is 0.383. The Hall–Kier alpha value is -1.52. The van der Waals surface area contributed by atoms with Gasteiger partial charge in [-0.25, -0.2) is 9.48 Å². The molecule has 2 N–H and O–H groups in total. The van der Waals surface area contributed by atoms with Gasteiger partial charge in [0.05, 0.1) is 13.2 Å². The highest BCUT2D eigenvalue weighted by Gasteiger charge is 2.30. The van der Waals surface area contributed by atoms with Gasteiger partial charge >= 0.3 is 5.97 Å². The number of hydrogen-bond acceptors (Lipinski definition) is 4. The highest BCUT2D eigenvalue weighted by molar-refractivity contribution is 5.90. The molecule has 0 atom stereocenters. The third kappa shape index (κ3) is 1.77. The van der Waals surface area contributed by atoms with Crippen molar-refractivity contribution in [2.24, 2.45) is 0 Å². The number of nitrogens with zero attached hydrogens (tertiary/aromatic N) is 2. The largest absolute Gasteiger partial charge is 0.464 e. The Labute approximate surface area is 94.6 Å². The summed E-state index contributed by atoms with van der Waals surface area (Å²) in [4.78, 5) is 11.6. The summed E-state index contributed by atoms with van der Waals surface area (Å²) >= 11 is 0. The maximum Gasteiger partial charge on any atom is 0.358 e. The summed E-state index contributed by atoms with van der Waals surface area (Å²) < 4.78 is 6.50. The first-order valence-corrected chi connectivity index (χ1v) is 5.64. The van der Waals surface area contributed by atoms with Crippen LogP contribution in [0.15, 0.2) is 0 Å². The topological polar surface area (TPSA) is 70.1 Å². The van der Waals surface area contributed by atoms with Crippen molar-refractivity contribution in [2.75, 3.05) is 12.8 Å². The third-order valence-electron chi connectivity index (χ3n) is 2.82. The maximum absolute atomic E-state index is 11.6. The van der Waals surface area contributed by atoms with Crippen LogP contribution in [0, 0.1) is 0 Å². The van der Waals surface area contributed by atoms with Gasteiger partial charge in [0.25, 0.3) is 0 Å². The fourth-order valence-electron chi connectivity index (χ4n) is 1.84. The normalized spacial score (nSPS) is 15.1. The second kappa shape index (κ2) is 4.15. The fourth-order valence-corrected chi connectivity index (χ4v) is 1.84. The summed E-state index contributed by atoms with van der Waals surface area (Å²) in [6.45, 7) is 2.05. The molecule has 0 unspecified atom stereocenters. The van der Waals surface area contributed by atoms with Crippen LogP contribution in [0.1, 0.15) is 48.3 Å². The van der Waals surface area contributed by atoms with Gasteiger partial charge in [-0.1, -0.05) is 13.3 Å². The van der Waals surface area contributed by atoms with Crippen molar-refractivity contribution in [3.05, 3.63) is 11.3 Å². The van der Waals surface area contributed by atoms with Crippen LogP contribution in [0.3, 0.4) is 0 Å². The second-order valence-electron chi connectivity index (χ2n) is 4.13. The van der Waals surface area contributed by atoms with Crippen molar-refractivity contribution in [3.8, 4) is 0 Å². The monoisotopic (exact) mass is 223 g/mol. The molecule has 1 saturated carbocycles. The molecule has 5 nitrogen and oxygen atoms in total. The summed E-state index contributed by atoms with van der Waals surface area (Å²) in [6.07, 6.45) is 3.89. The van der Waals surface area contributed by atoms with Crippen LogP contribution in [-0.2, 0) is 11.2 Å². The van der Waals surface area contributed by atoms with E-state index in [1.807, 2.05) is 0 Å². The molecule has 5 heteroatoms.